The minimum Gasteiger partial charge on any atom is -0.398 e. The minimum atomic E-state index is -0.647. The molecule has 0 atom stereocenters. The Balaban J connectivity index is 1.72. The van der Waals surface area contributed by atoms with E-state index in [9.17, 15) is 0 Å². The first kappa shape index (κ1) is 21.7. The molecule has 0 N–H and O–H groups in total. The van der Waals surface area contributed by atoms with Crippen LogP contribution in [0.4, 0.5) is 0 Å². The Labute approximate surface area is 196 Å². The Morgan fingerprint density at radius 3 is 1.42 bits per heavy atom. The fourth-order valence-corrected chi connectivity index (χ4v) is 4.55. The van der Waals surface area contributed by atoms with Crippen LogP contribution in [0.2, 0.25) is 0 Å². The van der Waals surface area contributed by atoms with E-state index in [1.807, 2.05) is 35.1 Å². The van der Waals surface area contributed by atoms with Crippen molar-refractivity contribution in [1.29, 1.82) is 0 Å². The van der Waals surface area contributed by atoms with Gasteiger partial charge in [0.15, 0.2) is 0 Å². The van der Waals surface area contributed by atoms with Gasteiger partial charge in [0, 0.05) is 6.20 Å². The minimum absolute atomic E-state index is 0.420. The lowest BCUT2D eigenvalue weighted by atomic mass is 9.77. The summed E-state index contributed by atoms with van der Waals surface area (Å²) in [6, 6.07) is 33.6. The molecule has 1 aliphatic heterocycles. The molecule has 0 spiro atoms. The zero-order valence-electron chi connectivity index (χ0n) is 19.6. The van der Waals surface area contributed by atoms with E-state index in [4.69, 9.17) is 14.4 Å². The highest BCUT2D eigenvalue weighted by molar-refractivity contribution is 6.61. The normalized spacial score (nSPS) is 17.3. The second kappa shape index (κ2) is 8.01. The molecule has 1 saturated heterocycles. The molecule has 0 bridgehead atoms. The Kier molecular flexibility index (Phi) is 5.27. The van der Waals surface area contributed by atoms with E-state index < -0.39 is 23.9 Å². The molecule has 3 aromatic carbocycles. The van der Waals surface area contributed by atoms with Crippen molar-refractivity contribution in [3.63, 3.8) is 0 Å². The number of benzene rings is 3. The lowest BCUT2D eigenvalue weighted by Gasteiger charge is -2.36. The third-order valence-corrected chi connectivity index (χ3v) is 7.02. The van der Waals surface area contributed by atoms with E-state index in [0.717, 1.165) is 22.3 Å². The topological polar surface area (TPSA) is 36.3 Å². The third kappa shape index (κ3) is 3.52. The van der Waals surface area contributed by atoms with Crippen LogP contribution in [0, 0.1) is 0 Å². The van der Waals surface area contributed by atoms with Crippen LogP contribution in [-0.4, -0.2) is 28.1 Å². The van der Waals surface area contributed by atoms with Gasteiger partial charge in [-0.2, -0.15) is 5.10 Å². The lowest BCUT2D eigenvalue weighted by Crippen LogP contribution is -2.41. The number of rotatable bonds is 5. The molecule has 33 heavy (non-hydrogen) atoms. The number of hydrogen-bond acceptors (Lipinski definition) is 3. The summed E-state index contributed by atoms with van der Waals surface area (Å²) in [4.78, 5) is 0. The maximum atomic E-state index is 6.30. The van der Waals surface area contributed by atoms with Crippen LogP contribution in [0.25, 0.3) is 0 Å². The van der Waals surface area contributed by atoms with Crippen molar-refractivity contribution in [2.24, 2.45) is 0 Å². The first-order chi connectivity index (χ1) is 15.8. The molecule has 166 valence electrons. The first-order valence-corrected chi connectivity index (χ1v) is 11.4. The van der Waals surface area contributed by atoms with Crippen molar-refractivity contribution in [3.05, 3.63) is 120 Å². The molecular weight excluding hydrogens is 407 g/mol. The first-order valence-electron chi connectivity index (χ1n) is 11.4. The van der Waals surface area contributed by atoms with Crippen molar-refractivity contribution >= 4 is 12.7 Å². The summed E-state index contributed by atoms with van der Waals surface area (Å²) in [5.74, 6) is 0. The number of hydrogen-bond donors (Lipinski definition) is 0. The van der Waals surface area contributed by atoms with Crippen molar-refractivity contribution < 1.29 is 9.31 Å². The van der Waals surface area contributed by atoms with Gasteiger partial charge in [-0.15, -0.1) is 0 Å². The van der Waals surface area contributed by atoms with E-state index in [1.165, 1.54) is 0 Å². The van der Waals surface area contributed by atoms with Crippen LogP contribution in [-0.2, 0) is 14.8 Å². The van der Waals surface area contributed by atoms with Crippen molar-refractivity contribution in [2.75, 3.05) is 0 Å². The van der Waals surface area contributed by atoms with E-state index in [2.05, 4.69) is 100 Å². The smallest absolute Gasteiger partial charge is 0.398 e. The van der Waals surface area contributed by atoms with E-state index in [1.54, 1.807) is 0 Å². The molecule has 0 radical (unpaired) electrons. The predicted octanol–water partition coefficient (Wildman–Crippen LogP) is 5.02. The summed E-state index contributed by atoms with van der Waals surface area (Å²) in [6.07, 6.45) is 2.04. The van der Waals surface area contributed by atoms with Crippen molar-refractivity contribution in [1.82, 2.24) is 9.78 Å². The molecule has 0 aliphatic carbocycles. The lowest BCUT2D eigenvalue weighted by molar-refractivity contribution is 0.00578. The van der Waals surface area contributed by atoms with Gasteiger partial charge in [-0.3, -0.25) is 4.68 Å². The molecule has 4 aromatic rings. The molecular formula is C28H29BN2O2. The number of aromatic nitrogens is 2. The highest BCUT2D eigenvalue weighted by atomic mass is 16.7. The fourth-order valence-electron chi connectivity index (χ4n) is 4.55. The van der Waals surface area contributed by atoms with E-state index in [-0.39, 0.29) is 0 Å². The van der Waals surface area contributed by atoms with Crippen molar-refractivity contribution in [3.8, 4) is 0 Å². The molecule has 5 heteroatoms. The van der Waals surface area contributed by atoms with Gasteiger partial charge in [-0.1, -0.05) is 91.0 Å². The highest BCUT2D eigenvalue weighted by Crippen LogP contribution is 2.40. The SMILES string of the molecule is CC1(C)OB(c2ccn(C(c3ccccc3)(c3ccccc3)c3ccccc3)n2)OC1(C)C. The summed E-state index contributed by atoms with van der Waals surface area (Å²) >= 11 is 0. The summed E-state index contributed by atoms with van der Waals surface area (Å²) in [5.41, 5.74) is 2.67. The van der Waals surface area contributed by atoms with Crippen LogP contribution in [0.3, 0.4) is 0 Å². The maximum Gasteiger partial charge on any atom is 0.516 e. The summed E-state index contributed by atoms with van der Waals surface area (Å²) in [7, 11) is -0.517. The third-order valence-electron chi connectivity index (χ3n) is 7.02. The van der Waals surface area contributed by atoms with E-state index in [0.29, 0.717) is 0 Å². The zero-order chi connectivity index (χ0) is 23.1. The Morgan fingerprint density at radius 2 is 1.03 bits per heavy atom. The number of nitrogens with zero attached hydrogens (tertiary/aromatic N) is 2. The molecule has 0 unspecified atom stereocenters. The van der Waals surface area contributed by atoms with Gasteiger partial charge in [0.1, 0.15) is 5.54 Å². The van der Waals surface area contributed by atoms with Crippen LogP contribution in [0.15, 0.2) is 103 Å². The van der Waals surface area contributed by atoms with Gasteiger partial charge in [-0.05, 0) is 50.5 Å². The molecule has 0 amide bonds. The second-order valence-corrected chi connectivity index (χ2v) is 9.58. The van der Waals surface area contributed by atoms with Gasteiger partial charge < -0.3 is 9.31 Å². The average molecular weight is 436 g/mol. The Bertz CT molecular complexity index is 1110. The standard InChI is InChI=1S/C28H29BN2O2/c1-26(2)27(3,4)33-29(32-26)25-20-21-31(30-25)28(22-14-8-5-9-15-22,23-16-10-6-11-17-23)24-18-12-7-13-19-24/h5-21H,1-4H3. The largest absolute Gasteiger partial charge is 0.516 e. The zero-order valence-corrected chi connectivity index (χ0v) is 19.6. The summed E-state index contributed by atoms with van der Waals surface area (Å²) in [5, 5.41) is 5.09. The quantitative estimate of drug-likeness (QED) is 0.326. The maximum absolute atomic E-state index is 6.30. The molecule has 1 aromatic heterocycles. The Morgan fingerprint density at radius 1 is 0.636 bits per heavy atom. The summed E-state index contributed by atoms with van der Waals surface area (Å²) in [6.45, 7) is 8.25. The monoisotopic (exact) mass is 436 g/mol. The van der Waals surface area contributed by atoms with Gasteiger partial charge in [0.25, 0.3) is 0 Å². The van der Waals surface area contributed by atoms with Gasteiger partial charge in [-0.25, -0.2) is 0 Å². The second-order valence-electron chi connectivity index (χ2n) is 9.58. The molecule has 1 fully saturated rings. The van der Waals surface area contributed by atoms with Gasteiger partial charge in [0.05, 0.1) is 16.8 Å². The van der Waals surface area contributed by atoms with E-state index >= 15 is 0 Å². The average Bonchev–Trinajstić information content (AvgIpc) is 3.39. The van der Waals surface area contributed by atoms with Crippen LogP contribution in [0.5, 0.6) is 0 Å². The molecule has 1 aliphatic rings. The van der Waals surface area contributed by atoms with Crippen LogP contribution >= 0.6 is 0 Å². The highest BCUT2D eigenvalue weighted by Gasteiger charge is 2.53. The predicted molar refractivity (Wildman–Crippen MR) is 133 cm³/mol. The molecule has 4 nitrogen and oxygen atoms in total. The van der Waals surface area contributed by atoms with Crippen molar-refractivity contribution in [2.45, 2.75) is 44.4 Å². The summed E-state index contributed by atoms with van der Waals surface area (Å²) < 4.78 is 14.6. The molecule has 2 heterocycles. The van der Waals surface area contributed by atoms with Crippen LogP contribution < -0.4 is 5.59 Å². The molecule has 0 saturated carbocycles. The Hall–Kier alpha value is -3.15. The van der Waals surface area contributed by atoms with Gasteiger partial charge >= 0.3 is 7.12 Å². The fraction of sp³-hybridized carbons (Fsp3) is 0.250. The van der Waals surface area contributed by atoms with Crippen LogP contribution in [0.1, 0.15) is 44.4 Å². The van der Waals surface area contributed by atoms with Gasteiger partial charge in [0.2, 0.25) is 0 Å². The molecule has 5 rings (SSSR count).